The van der Waals surface area contributed by atoms with E-state index in [1.165, 1.54) is 4.90 Å². The number of hydrogen-bond donors (Lipinski definition) is 1. The average Bonchev–Trinajstić information content (AvgIpc) is 2.71. The van der Waals surface area contributed by atoms with Crippen LogP contribution in [0.5, 0.6) is 11.5 Å². The Kier molecular flexibility index (Phi) is 5.84. The number of anilines is 1. The van der Waals surface area contributed by atoms with Crippen LogP contribution in [0.1, 0.15) is 12.1 Å². The molecule has 0 fully saturated rings. The van der Waals surface area contributed by atoms with E-state index in [2.05, 4.69) is 10.3 Å². The van der Waals surface area contributed by atoms with Gasteiger partial charge in [0.25, 0.3) is 0 Å². The monoisotopic (exact) mass is 366 g/mol. The van der Waals surface area contributed by atoms with Crippen LogP contribution in [0, 0.1) is 11.3 Å². The van der Waals surface area contributed by atoms with E-state index in [1.54, 1.807) is 42.6 Å². The van der Waals surface area contributed by atoms with E-state index in [1.807, 2.05) is 6.07 Å². The number of nitrogens with one attached hydrogen (secondary N) is 1. The molecule has 8 nitrogen and oxygen atoms in total. The normalized spacial score (nSPS) is 12.0. The third-order valence-electron chi connectivity index (χ3n) is 3.87. The van der Waals surface area contributed by atoms with Crippen LogP contribution in [-0.4, -0.2) is 41.5 Å². The van der Waals surface area contributed by atoms with Gasteiger partial charge in [-0.25, -0.2) is 0 Å². The first kappa shape index (κ1) is 18.2. The molecule has 2 heterocycles. The molecule has 27 heavy (non-hydrogen) atoms. The van der Waals surface area contributed by atoms with Crippen LogP contribution in [0.2, 0.25) is 0 Å². The predicted octanol–water partition coefficient (Wildman–Crippen LogP) is 1.73. The van der Waals surface area contributed by atoms with Crippen molar-refractivity contribution < 1.29 is 19.1 Å². The highest BCUT2D eigenvalue weighted by Gasteiger charge is 2.25. The summed E-state index contributed by atoms with van der Waals surface area (Å²) in [6, 6.07) is 12.4. The molecule has 1 aromatic carbocycles. The van der Waals surface area contributed by atoms with Crippen LogP contribution >= 0.6 is 0 Å². The number of nitrogens with zero attached hydrogens (tertiary/aromatic N) is 3. The Morgan fingerprint density at radius 1 is 1.19 bits per heavy atom. The number of aromatic nitrogens is 1. The number of pyridine rings is 1. The summed E-state index contributed by atoms with van der Waals surface area (Å²) in [5, 5.41) is 11.4. The van der Waals surface area contributed by atoms with Gasteiger partial charge in [-0.05, 0) is 24.3 Å². The van der Waals surface area contributed by atoms with Crippen molar-refractivity contribution in [3.05, 3.63) is 48.3 Å². The fraction of sp³-hybridized carbons (Fsp3) is 0.263. The predicted molar refractivity (Wildman–Crippen MR) is 95.9 cm³/mol. The average molecular weight is 366 g/mol. The van der Waals surface area contributed by atoms with E-state index in [0.717, 1.165) is 0 Å². The van der Waals surface area contributed by atoms with Crippen molar-refractivity contribution in [2.45, 2.75) is 13.0 Å². The SMILES string of the molecule is N#CCCN(Cc1ccccn1)C(=O)C(=O)Nc1cccc2c1OCCO2. The van der Waals surface area contributed by atoms with E-state index < -0.39 is 11.8 Å². The highest BCUT2D eigenvalue weighted by atomic mass is 16.6. The number of amides is 2. The summed E-state index contributed by atoms with van der Waals surface area (Å²) in [6.45, 7) is 1.06. The number of carbonyl (C=O) groups excluding carboxylic acids is 2. The van der Waals surface area contributed by atoms with Gasteiger partial charge < -0.3 is 19.7 Å². The zero-order chi connectivity index (χ0) is 19.1. The second-order valence-electron chi connectivity index (χ2n) is 5.74. The standard InChI is InChI=1S/C19H18N4O4/c20-8-4-10-23(13-14-5-1-2-9-21-14)19(25)18(24)22-15-6-3-7-16-17(15)27-12-11-26-16/h1-3,5-7,9H,4,10-13H2,(H,22,24). The number of carbonyl (C=O) groups is 2. The Morgan fingerprint density at radius 3 is 2.81 bits per heavy atom. The van der Waals surface area contributed by atoms with Gasteiger partial charge in [-0.15, -0.1) is 0 Å². The Hall–Kier alpha value is -3.60. The number of para-hydroxylation sites is 1. The van der Waals surface area contributed by atoms with Gasteiger partial charge in [0.15, 0.2) is 11.5 Å². The van der Waals surface area contributed by atoms with Crippen molar-refractivity contribution in [1.29, 1.82) is 5.26 Å². The Balaban J connectivity index is 1.73. The highest BCUT2D eigenvalue weighted by molar-refractivity contribution is 6.39. The van der Waals surface area contributed by atoms with Gasteiger partial charge >= 0.3 is 11.8 Å². The first-order chi connectivity index (χ1) is 13.2. The molecule has 1 N–H and O–H groups in total. The number of benzene rings is 1. The number of fused-ring (bicyclic) bond motifs is 1. The maximum Gasteiger partial charge on any atom is 0.314 e. The van der Waals surface area contributed by atoms with Crippen LogP contribution in [0.25, 0.3) is 0 Å². The molecular formula is C19H18N4O4. The van der Waals surface area contributed by atoms with Crippen molar-refractivity contribution in [1.82, 2.24) is 9.88 Å². The number of ether oxygens (including phenoxy) is 2. The molecule has 138 valence electrons. The van der Waals surface area contributed by atoms with Gasteiger partial charge in [0.1, 0.15) is 13.2 Å². The highest BCUT2D eigenvalue weighted by Crippen LogP contribution is 2.37. The topological polar surface area (TPSA) is 105 Å². The molecular weight excluding hydrogens is 348 g/mol. The molecule has 0 saturated heterocycles. The quantitative estimate of drug-likeness (QED) is 0.808. The summed E-state index contributed by atoms with van der Waals surface area (Å²) < 4.78 is 11.0. The minimum atomic E-state index is -0.813. The maximum atomic E-state index is 12.6. The molecule has 0 bridgehead atoms. The van der Waals surface area contributed by atoms with Crippen molar-refractivity contribution in [2.24, 2.45) is 0 Å². The van der Waals surface area contributed by atoms with Crippen LogP contribution < -0.4 is 14.8 Å². The molecule has 0 saturated carbocycles. The first-order valence-corrected chi connectivity index (χ1v) is 8.45. The molecule has 8 heteroatoms. The van der Waals surface area contributed by atoms with Crippen LogP contribution in [0.3, 0.4) is 0 Å². The molecule has 0 spiro atoms. The fourth-order valence-electron chi connectivity index (χ4n) is 2.62. The van der Waals surface area contributed by atoms with Gasteiger partial charge in [-0.2, -0.15) is 5.26 Å². The lowest BCUT2D eigenvalue weighted by Crippen LogP contribution is -2.40. The molecule has 1 aliphatic heterocycles. The number of hydrogen-bond acceptors (Lipinski definition) is 6. The summed E-state index contributed by atoms with van der Waals surface area (Å²) in [5.74, 6) is -0.642. The summed E-state index contributed by atoms with van der Waals surface area (Å²) >= 11 is 0. The summed E-state index contributed by atoms with van der Waals surface area (Å²) in [7, 11) is 0. The maximum absolute atomic E-state index is 12.6. The van der Waals surface area contributed by atoms with Gasteiger partial charge in [-0.1, -0.05) is 12.1 Å². The molecule has 0 aliphatic carbocycles. The van der Waals surface area contributed by atoms with Crippen molar-refractivity contribution in [3.63, 3.8) is 0 Å². The molecule has 0 radical (unpaired) electrons. The smallest absolute Gasteiger partial charge is 0.314 e. The molecule has 0 unspecified atom stereocenters. The number of rotatable bonds is 5. The molecule has 1 aliphatic rings. The second-order valence-corrected chi connectivity index (χ2v) is 5.74. The Morgan fingerprint density at radius 2 is 2.04 bits per heavy atom. The zero-order valence-corrected chi connectivity index (χ0v) is 14.6. The third kappa shape index (κ3) is 4.52. The largest absolute Gasteiger partial charge is 0.486 e. The van der Waals surface area contributed by atoms with E-state index in [0.29, 0.717) is 36.1 Å². The fourth-order valence-corrected chi connectivity index (χ4v) is 2.62. The second kappa shape index (κ2) is 8.67. The van der Waals surface area contributed by atoms with Crippen LogP contribution in [0.4, 0.5) is 5.69 Å². The van der Waals surface area contributed by atoms with Gasteiger partial charge in [0, 0.05) is 12.7 Å². The van der Waals surface area contributed by atoms with Gasteiger partial charge in [0.2, 0.25) is 0 Å². The van der Waals surface area contributed by atoms with Gasteiger partial charge in [-0.3, -0.25) is 14.6 Å². The van der Waals surface area contributed by atoms with Crippen LogP contribution in [-0.2, 0) is 16.1 Å². The minimum Gasteiger partial charge on any atom is -0.486 e. The van der Waals surface area contributed by atoms with Crippen molar-refractivity contribution in [3.8, 4) is 17.6 Å². The molecule has 3 rings (SSSR count). The van der Waals surface area contributed by atoms with Crippen molar-refractivity contribution in [2.75, 3.05) is 25.1 Å². The lowest BCUT2D eigenvalue weighted by Gasteiger charge is -2.23. The lowest BCUT2D eigenvalue weighted by atomic mass is 10.2. The lowest BCUT2D eigenvalue weighted by molar-refractivity contribution is -0.143. The minimum absolute atomic E-state index is 0.115. The van der Waals surface area contributed by atoms with Crippen molar-refractivity contribution >= 4 is 17.5 Å². The van der Waals surface area contributed by atoms with E-state index in [-0.39, 0.29) is 19.5 Å². The summed E-state index contributed by atoms with van der Waals surface area (Å²) in [5.41, 5.74) is 0.994. The molecule has 0 atom stereocenters. The molecule has 2 aromatic rings. The van der Waals surface area contributed by atoms with E-state index in [9.17, 15) is 9.59 Å². The first-order valence-electron chi connectivity index (χ1n) is 8.45. The third-order valence-corrected chi connectivity index (χ3v) is 3.87. The van der Waals surface area contributed by atoms with E-state index >= 15 is 0 Å². The zero-order valence-electron chi connectivity index (χ0n) is 14.6. The Bertz CT molecular complexity index is 864. The summed E-state index contributed by atoms with van der Waals surface area (Å²) in [6.07, 6.45) is 1.72. The van der Waals surface area contributed by atoms with E-state index in [4.69, 9.17) is 14.7 Å². The Labute approximate surface area is 156 Å². The van der Waals surface area contributed by atoms with Crippen LogP contribution in [0.15, 0.2) is 42.6 Å². The number of nitriles is 1. The molecule has 2 amide bonds. The van der Waals surface area contributed by atoms with Gasteiger partial charge in [0.05, 0.1) is 30.4 Å². The summed E-state index contributed by atoms with van der Waals surface area (Å²) in [4.78, 5) is 30.6. The molecule has 1 aromatic heterocycles.